The molecule has 0 amide bonds. The molecule has 0 bridgehead atoms. The van der Waals surface area contributed by atoms with Crippen molar-refractivity contribution < 1.29 is 4.92 Å². The van der Waals surface area contributed by atoms with Gasteiger partial charge in [-0.3, -0.25) is 10.1 Å². The zero-order valence-electron chi connectivity index (χ0n) is 6.87. The van der Waals surface area contributed by atoms with Crippen LogP contribution in [0.3, 0.4) is 0 Å². The fourth-order valence-corrected chi connectivity index (χ4v) is 1.47. The van der Waals surface area contributed by atoms with Crippen molar-refractivity contribution in [3.63, 3.8) is 0 Å². The van der Waals surface area contributed by atoms with E-state index in [0.29, 0.717) is 0 Å². The molecule has 0 aromatic heterocycles. The lowest BCUT2D eigenvalue weighted by Crippen LogP contribution is -1.97. The van der Waals surface area contributed by atoms with E-state index in [1.807, 2.05) is 0 Å². The Kier molecular flexibility index (Phi) is 3.25. The molecule has 1 aromatic carbocycles. The minimum absolute atomic E-state index is 0.0153. The van der Waals surface area contributed by atoms with Gasteiger partial charge in [-0.2, -0.15) is 0 Å². The highest BCUT2D eigenvalue weighted by molar-refractivity contribution is 9.09. The van der Waals surface area contributed by atoms with Crippen LogP contribution < -0.4 is 5.73 Å². The third-order valence-electron chi connectivity index (χ3n) is 1.67. The van der Waals surface area contributed by atoms with E-state index in [9.17, 15) is 10.1 Å². The minimum atomic E-state index is -0.465. The predicted octanol–water partition coefficient (Wildman–Crippen LogP) is 2.11. The number of aryl methyl sites for hydroxylation is 1. The van der Waals surface area contributed by atoms with E-state index >= 15 is 0 Å². The van der Waals surface area contributed by atoms with Gasteiger partial charge in [-0.05, 0) is 18.1 Å². The van der Waals surface area contributed by atoms with Crippen molar-refractivity contribution in [1.29, 1.82) is 0 Å². The van der Waals surface area contributed by atoms with Crippen LogP contribution in [0.25, 0.3) is 0 Å². The molecule has 1 aromatic rings. The maximum Gasteiger partial charge on any atom is 0.292 e. The molecule has 0 atom stereocenters. The van der Waals surface area contributed by atoms with E-state index in [0.717, 1.165) is 17.3 Å². The summed E-state index contributed by atoms with van der Waals surface area (Å²) in [5.74, 6) is 0. The molecule has 1 rings (SSSR count). The molecule has 0 fully saturated rings. The summed E-state index contributed by atoms with van der Waals surface area (Å²) in [7, 11) is 0. The Morgan fingerprint density at radius 2 is 2.23 bits per heavy atom. The molecule has 0 radical (unpaired) electrons. The zero-order chi connectivity index (χ0) is 9.84. The molecule has 0 aliphatic carbocycles. The van der Waals surface area contributed by atoms with Crippen LogP contribution in [0.5, 0.6) is 0 Å². The highest BCUT2D eigenvalue weighted by Crippen LogP contribution is 2.22. The van der Waals surface area contributed by atoms with E-state index in [-0.39, 0.29) is 11.4 Å². The van der Waals surface area contributed by atoms with Crippen molar-refractivity contribution in [2.75, 3.05) is 11.1 Å². The second-order valence-corrected chi connectivity index (χ2v) is 3.38. The van der Waals surface area contributed by atoms with Crippen LogP contribution in [0.1, 0.15) is 5.56 Å². The number of nitrogens with zero attached hydrogens (tertiary/aromatic N) is 1. The molecule has 0 heterocycles. The number of nitrogen functional groups attached to an aromatic ring is 1. The van der Waals surface area contributed by atoms with Gasteiger partial charge in [0, 0.05) is 11.4 Å². The van der Waals surface area contributed by atoms with E-state index < -0.39 is 4.92 Å². The molecule has 0 aliphatic rings. The van der Waals surface area contributed by atoms with Crippen LogP contribution in [0, 0.1) is 10.1 Å². The summed E-state index contributed by atoms with van der Waals surface area (Å²) in [6, 6.07) is 4.87. The van der Waals surface area contributed by atoms with Crippen molar-refractivity contribution in [2.45, 2.75) is 6.42 Å². The van der Waals surface area contributed by atoms with Crippen molar-refractivity contribution in [3.05, 3.63) is 33.9 Å². The van der Waals surface area contributed by atoms with E-state index in [1.165, 1.54) is 6.07 Å². The molecule has 4 nitrogen and oxygen atoms in total. The van der Waals surface area contributed by atoms with Gasteiger partial charge in [-0.25, -0.2) is 0 Å². The zero-order valence-corrected chi connectivity index (χ0v) is 8.45. The predicted molar refractivity (Wildman–Crippen MR) is 55.0 cm³/mol. The topological polar surface area (TPSA) is 69.2 Å². The van der Waals surface area contributed by atoms with E-state index in [2.05, 4.69) is 15.9 Å². The van der Waals surface area contributed by atoms with Crippen molar-refractivity contribution in [2.24, 2.45) is 0 Å². The van der Waals surface area contributed by atoms with Crippen molar-refractivity contribution in [1.82, 2.24) is 0 Å². The van der Waals surface area contributed by atoms with Crippen LogP contribution in [-0.4, -0.2) is 10.3 Å². The van der Waals surface area contributed by atoms with Crippen LogP contribution in [0.4, 0.5) is 11.4 Å². The Bertz CT molecular complexity index is 328. The van der Waals surface area contributed by atoms with Crippen molar-refractivity contribution in [3.8, 4) is 0 Å². The fourth-order valence-electron chi connectivity index (χ4n) is 1.01. The average molecular weight is 245 g/mol. The van der Waals surface area contributed by atoms with Gasteiger partial charge < -0.3 is 5.73 Å². The first kappa shape index (κ1) is 9.98. The third kappa shape index (κ3) is 2.42. The Morgan fingerprint density at radius 3 is 2.77 bits per heavy atom. The van der Waals surface area contributed by atoms with E-state index in [1.54, 1.807) is 12.1 Å². The van der Waals surface area contributed by atoms with Gasteiger partial charge in [0.1, 0.15) is 5.69 Å². The lowest BCUT2D eigenvalue weighted by molar-refractivity contribution is -0.383. The summed E-state index contributed by atoms with van der Waals surface area (Å²) in [4.78, 5) is 10.0. The number of rotatable bonds is 3. The van der Waals surface area contributed by atoms with Gasteiger partial charge in [-0.15, -0.1) is 0 Å². The maximum absolute atomic E-state index is 10.5. The number of nitrogens with two attached hydrogens (primary N) is 1. The number of nitro benzene ring substituents is 1. The van der Waals surface area contributed by atoms with Crippen LogP contribution in [0.15, 0.2) is 18.2 Å². The minimum Gasteiger partial charge on any atom is -0.393 e. The highest BCUT2D eigenvalue weighted by atomic mass is 79.9. The molecule has 0 spiro atoms. The molecule has 0 saturated carbocycles. The first-order valence-corrected chi connectivity index (χ1v) is 4.86. The number of halogens is 1. The maximum atomic E-state index is 10.5. The Hall–Kier alpha value is -1.10. The Morgan fingerprint density at radius 1 is 1.54 bits per heavy atom. The molecule has 70 valence electrons. The van der Waals surface area contributed by atoms with Crippen LogP contribution in [0.2, 0.25) is 0 Å². The standard InChI is InChI=1S/C8H9BrN2O2/c9-4-3-6-1-2-7(10)8(5-6)11(12)13/h1-2,5H,3-4,10H2. The number of nitro groups is 1. The van der Waals surface area contributed by atoms with Crippen LogP contribution >= 0.6 is 15.9 Å². The summed E-state index contributed by atoms with van der Waals surface area (Å²) in [5.41, 5.74) is 6.54. The SMILES string of the molecule is Nc1ccc(CCBr)cc1[N+](=O)[O-]. The molecule has 0 saturated heterocycles. The van der Waals surface area contributed by atoms with Gasteiger partial charge in [0.2, 0.25) is 0 Å². The number of benzene rings is 1. The second-order valence-electron chi connectivity index (χ2n) is 2.59. The molecule has 0 aliphatic heterocycles. The van der Waals surface area contributed by atoms with Crippen molar-refractivity contribution >= 4 is 27.3 Å². The lowest BCUT2D eigenvalue weighted by atomic mass is 10.1. The summed E-state index contributed by atoms with van der Waals surface area (Å²) >= 11 is 3.27. The number of hydrogen-bond acceptors (Lipinski definition) is 3. The number of hydrogen-bond donors (Lipinski definition) is 1. The molecule has 2 N–H and O–H groups in total. The second kappa shape index (κ2) is 4.23. The Labute approximate surface area is 84.0 Å². The largest absolute Gasteiger partial charge is 0.393 e. The summed E-state index contributed by atoms with van der Waals surface area (Å²) < 4.78 is 0. The quantitative estimate of drug-likeness (QED) is 0.383. The van der Waals surface area contributed by atoms with Gasteiger partial charge in [-0.1, -0.05) is 22.0 Å². The lowest BCUT2D eigenvalue weighted by Gasteiger charge is -2.00. The van der Waals surface area contributed by atoms with Gasteiger partial charge >= 0.3 is 0 Å². The highest BCUT2D eigenvalue weighted by Gasteiger charge is 2.10. The summed E-state index contributed by atoms with van der Waals surface area (Å²) in [6.45, 7) is 0. The number of alkyl halides is 1. The first-order valence-electron chi connectivity index (χ1n) is 3.74. The normalized spacial score (nSPS) is 9.92. The molecular weight excluding hydrogens is 236 g/mol. The smallest absolute Gasteiger partial charge is 0.292 e. The van der Waals surface area contributed by atoms with E-state index in [4.69, 9.17) is 5.73 Å². The third-order valence-corrected chi connectivity index (χ3v) is 2.07. The average Bonchev–Trinajstić information content (AvgIpc) is 2.08. The molecular formula is C8H9BrN2O2. The summed E-state index contributed by atoms with van der Waals surface area (Å²) in [5, 5.41) is 11.3. The fraction of sp³-hybridized carbons (Fsp3) is 0.250. The molecule has 13 heavy (non-hydrogen) atoms. The van der Waals surface area contributed by atoms with Gasteiger partial charge in [0.25, 0.3) is 5.69 Å². The monoisotopic (exact) mass is 244 g/mol. The molecule has 0 unspecified atom stereocenters. The van der Waals surface area contributed by atoms with Crippen LogP contribution in [-0.2, 0) is 6.42 Å². The first-order chi connectivity index (χ1) is 6.15. The Balaban J connectivity index is 3.04. The molecule has 5 heteroatoms. The summed E-state index contributed by atoms with van der Waals surface area (Å²) in [6.07, 6.45) is 0.765. The number of anilines is 1. The van der Waals surface area contributed by atoms with Gasteiger partial charge in [0.15, 0.2) is 0 Å². The van der Waals surface area contributed by atoms with Gasteiger partial charge in [0.05, 0.1) is 4.92 Å².